The Morgan fingerprint density at radius 2 is 2.24 bits per heavy atom. The van der Waals surface area contributed by atoms with Crippen molar-refractivity contribution in [1.29, 1.82) is 0 Å². The normalized spacial score (nSPS) is 9.59. The van der Waals surface area contributed by atoms with Crippen molar-refractivity contribution in [3.63, 3.8) is 0 Å². The second-order valence-electron chi connectivity index (χ2n) is 3.12. The van der Waals surface area contributed by atoms with Crippen LogP contribution in [0.15, 0.2) is 5.11 Å². The van der Waals surface area contributed by atoms with Gasteiger partial charge in [-0.3, -0.25) is 4.79 Å². The SMILES string of the molecule is CCOC(=O)c1c(N=[N+]=[N-])nn(C(C)=O)c1C. The lowest BCUT2D eigenvalue weighted by Crippen LogP contribution is -2.11. The van der Waals surface area contributed by atoms with Crippen LogP contribution in [-0.2, 0) is 4.74 Å². The van der Waals surface area contributed by atoms with Gasteiger partial charge in [-0.15, -0.1) is 0 Å². The average Bonchev–Trinajstić information content (AvgIpc) is 2.56. The molecule has 0 N–H and O–H groups in total. The number of carbonyl (C=O) groups is 2. The molecule has 1 aromatic heterocycles. The molecule has 0 fully saturated rings. The monoisotopic (exact) mass is 237 g/mol. The van der Waals surface area contributed by atoms with Gasteiger partial charge in [0, 0.05) is 11.8 Å². The molecular formula is C9H11N5O3. The minimum Gasteiger partial charge on any atom is -0.462 e. The highest BCUT2D eigenvalue weighted by Crippen LogP contribution is 2.22. The van der Waals surface area contributed by atoms with Crippen LogP contribution in [0.3, 0.4) is 0 Å². The molecule has 0 saturated carbocycles. The lowest BCUT2D eigenvalue weighted by atomic mass is 10.2. The van der Waals surface area contributed by atoms with E-state index in [2.05, 4.69) is 15.1 Å². The Morgan fingerprint density at radius 1 is 1.59 bits per heavy atom. The zero-order valence-corrected chi connectivity index (χ0v) is 9.67. The largest absolute Gasteiger partial charge is 0.462 e. The quantitative estimate of drug-likeness (QED) is 0.346. The highest BCUT2D eigenvalue weighted by molar-refractivity contribution is 5.96. The number of azide groups is 1. The van der Waals surface area contributed by atoms with Crippen LogP contribution < -0.4 is 0 Å². The van der Waals surface area contributed by atoms with Crippen LogP contribution in [0.1, 0.15) is 34.7 Å². The van der Waals surface area contributed by atoms with Gasteiger partial charge in [0.15, 0.2) is 5.82 Å². The molecule has 0 aliphatic rings. The fourth-order valence-electron chi connectivity index (χ4n) is 1.35. The number of esters is 1. The Hall–Kier alpha value is -2.34. The van der Waals surface area contributed by atoms with Crippen LogP contribution in [0.2, 0.25) is 0 Å². The van der Waals surface area contributed by atoms with E-state index in [4.69, 9.17) is 10.3 Å². The van der Waals surface area contributed by atoms with Gasteiger partial charge in [0.25, 0.3) is 0 Å². The molecule has 0 radical (unpaired) electrons. The maximum absolute atomic E-state index is 11.6. The van der Waals surface area contributed by atoms with Crippen LogP contribution >= 0.6 is 0 Å². The van der Waals surface area contributed by atoms with Crippen molar-refractivity contribution < 1.29 is 14.3 Å². The summed E-state index contributed by atoms with van der Waals surface area (Å²) in [5.41, 5.74) is 8.67. The minimum atomic E-state index is -0.667. The molecule has 8 nitrogen and oxygen atoms in total. The number of hydrogen-bond acceptors (Lipinski definition) is 5. The van der Waals surface area contributed by atoms with Crippen molar-refractivity contribution in [3.05, 3.63) is 21.7 Å². The Labute approximate surface area is 96.8 Å². The fraction of sp³-hybridized carbons (Fsp3) is 0.444. The first-order valence-electron chi connectivity index (χ1n) is 4.85. The van der Waals surface area contributed by atoms with Crippen molar-refractivity contribution in [3.8, 4) is 0 Å². The summed E-state index contributed by atoms with van der Waals surface area (Å²) < 4.78 is 5.80. The van der Waals surface area contributed by atoms with E-state index >= 15 is 0 Å². The van der Waals surface area contributed by atoms with Gasteiger partial charge in [-0.1, -0.05) is 0 Å². The number of carbonyl (C=O) groups excluding carboxylic acids is 2. The first-order chi connectivity index (χ1) is 8.02. The smallest absolute Gasteiger partial charge is 0.342 e. The predicted octanol–water partition coefficient (Wildman–Crippen LogP) is 1.97. The summed E-state index contributed by atoms with van der Waals surface area (Å²) >= 11 is 0. The summed E-state index contributed by atoms with van der Waals surface area (Å²) in [4.78, 5) is 25.4. The number of nitrogens with zero attached hydrogens (tertiary/aromatic N) is 5. The number of ether oxygens (including phenoxy) is 1. The molecule has 0 aliphatic carbocycles. The van der Waals surface area contributed by atoms with E-state index in [-0.39, 0.29) is 23.9 Å². The van der Waals surface area contributed by atoms with Gasteiger partial charge in [0.1, 0.15) is 5.56 Å². The third kappa shape index (κ3) is 2.43. The highest BCUT2D eigenvalue weighted by atomic mass is 16.5. The molecule has 1 aromatic rings. The molecule has 0 bridgehead atoms. The average molecular weight is 237 g/mol. The lowest BCUT2D eigenvalue weighted by molar-refractivity contribution is 0.0526. The van der Waals surface area contributed by atoms with Gasteiger partial charge >= 0.3 is 5.97 Å². The van der Waals surface area contributed by atoms with E-state index in [0.717, 1.165) is 4.68 Å². The summed E-state index contributed by atoms with van der Waals surface area (Å²) in [6.45, 7) is 4.64. The Kier molecular flexibility index (Phi) is 3.84. The molecule has 0 saturated heterocycles. The molecule has 17 heavy (non-hydrogen) atoms. The fourth-order valence-corrected chi connectivity index (χ4v) is 1.35. The van der Waals surface area contributed by atoms with Gasteiger partial charge in [-0.05, 0) is 24.5 Å². The maximum Gasteiger partial charge on any atom is 0.342 e. The third-order valence-electron chi connectivity index (χ3n) is 2.02. The molecule has 0 unspecified atom stereocenters. The Bertz CT molecular complexity index is 513. The van der Waals surface area contributed by atoms with Crippen LogP contribution in [0.25, 0.3) is 10.4 Å². The summed E-state index contributed by atoms with van der Waals surface area (Å²) in [5.74, 6) is -1.20. The summed E-state index contributed by atoms with van der Waals surface area (Å²) in [5, 5.41) is 7.02. The van der Waals surface area contributed by atoms with Crippen molar-refractivity contribution in [2.24, 2.45) is 5.11 Å². The van der Waals surface area contributed by atoms with Gasteiger partial charge in [0.05, 0.1) is 12.3 Å². The molecule has 90 valence electrons. The molecule has 0 atom stereocenters. The predicted molar refractivity (Wildman–Crippen MR) is 58.0 cm³/mol. The van der Waals surface area contributed by atoms with E-state index in [9.17, 15) is 9.59 Å². The van der Waals surface area contributed by atoms with Crippen LogP contribution in [-0.4, -0.2) is 28.3 Å². The summed E-state index contributed by atoms with van der Waals surface area (Å²) in [6, 6.07) is 0. The second-order valence-corrected chi connectivity index (χ2v) is 3.12. The second kappa shape index (κ2) is 5.13. The number of aromatic nitrogens is 2. The van der Waals surface area contributed by atoms with E-state index in [1.54, 1.807) is 6.92 Å². The van der Waals surface area contributed by atoms with Crippen LogP contribution in [0, 0.1) is 6.92 Å². The van der Waals surface area contributed by atoms with E-state index < -0.39 is 5.97 Å². The topological polar surface area (TPSA) is 110 Å². The first-order valence-corrected chi connectivity index (χ1v) is 4.85. The molecule has 0 amide bonds. The van der Waals surface area contributed by atoms with Crippen molar-refractivity contribution >= 4 is 17.7 Å². The Morgan fingerprint density at radius 3 is 2.71 bits per heavy atom. The minimum absolute atomic E-state index is 0.0138. The maximum atomic E-state index is 11.6. The molecule has 0 spiro atoms. The molecular weight excluding hydrogens is 226 g/mol. The molecule has 0 aliphatic heterocycles. The van der Waals surface area contributed by atoms with Gasteiger partial charge in [-0.2, -0.15) is 5.10 Å². The molecule has 1 rings (SSSR count). The third-order valence-corrected chi connectivity index (χ3v) is 2.02. The van der Waals surface area contributed by atoms with E-state index in [1.807, 2.05) is 0 Å². The number of rotatable bonds is 3. The molecule has 8 heteroatoms. The summed E-state index contributed by atoms with van der Waals surface area (Å²) in [6.07, 6.45) is 0. The molecule has 1 heterocycles. The number of hydrogen-bond donors (Lipinski definition) is 0. The lowest BCUT2D eigenvalue weighted by Gasteiger charge is -2.01. The van der Waals surface area contributed by atoms with Crippen molar-refractivity contribution in [1.82, 2.24) is 9.78 Å². The standard InChI is InChI=1S/C9H11N5O3/c1-4-17-9(16)7-5(2)14(6(3)15)12-8(7)11-13-10/h4H2,1-3H3. The van der Waals surface area contributed by atoms with Crippen molar-refractivity contribution in [2.45, 2.75) is 20.8 Å². The van der Waals surface area contributed by atoms with Gasteiger partial charge in [-0.25, -0.2) is 9.48 Å². The highest BCUT2D eigenvalue weighted by Gasteiger charge is 2.22. The van der Waals surface area contributed by atoms with E-state index in [1.165, 1.54) is 13.8 Å². The van der Waals surface area contributed by atoms with Gasteiger partial charge < -0.3 is 4.74 Å². The zero-order chi connectivity index (χ0) is 13.0. The Balaban J connectivity index is 3.39. The van der Waals surface area contributed by atoms with Crippen LogP contribution in [0.5, 0.6) is 0 Å². The molecule has 0 aromatic carbocycles. The van der Waals surface area contributed by atoms with Crippen molar-refractivity contribution in [2.75, 3.05) is 6.61 Å². The zero-order valence-electron chi connectivity index (χ0n) is 9.67. The van der Waals surface area contributed by atoms with Gasteiger partial charge in [0.2, 0.25) is 5.91 Å². The van der Waals surface area contributed by atoms with E-state index in [0.29, 0.717) is 5.69 Å². The first kappa shape index (κ1) is 12.7. The van der Waals surface area contributed by atoms with Crippen LogP contribution in [0.4, 0.5) is 5.82 Å². The summed E-state index contributed by atoms with van der Waals surface area (Å²) in [7, 11) is 0.